The molecular weight excluding hydrogens is 300 g/mol. The zero-order chi connectivity index (χ0) is 15.7. The smallest absolute Gasteiger partial charge is 0.224 e. The lowest BCUT2D eigenvalue weighted by molar-refractivity contribution is -0.121. The van der Waals surface area contributed by atoms with Crippen molar-refractivity contribution in [1.82, 2.24) is 20.3 Å². The summed E-state index contributed by atoms with van der Waals surface area (Å²) in [6.45, 7) is 1.95. The van der Waals surface area contributed by atoms with Crippen molar-refractivity contribution in [1.29, 1.82) is 0 Å². The van der Waals surface area contributed by atoms with Crippen LogP contribution < -0.4 is 5.32 Å². The molecule has 2 aromatic rings. The van der Waals surface area contributed by atoms with E-state index in [0.717, 1.165) is 36.1 Å². The highest BCUT2D eigenvalue weighted by atomic mass is 35.5. The molecule has 1 heterocycles. The van der Waals surface area contributed by atoms with Gasteiger partial charge in [0.15, 0.2) is 0 Å². The summed E-state index contributed by atoms with van der Waals surface area (Å²) in [6.07, 6.45) is 2.93. The molecule has 1 unspecified atom stereocenters. The highest BCUT2D eigenvalue weighted by molar-refractivity contribution is 6.31. The van der Waals surface area contributed by atoms with Gasteiger partial charge in [-0.25, -0.2) is 0 Å². The predicted molar refractivity (Wildman–Crippen MR) is 84.9 cm³/mol. The Morgan fingerprint density at radius 2 is 2.32 bits per heavy atom. The largest absolute Gasteiger partial charge is 0.353 e. The lowest BCUT2D eigenvalue weighted by Gasteiger charge is -2.22. The van der Waals surface area contributed by atoms with Crippen molar-refractivity contribution in [3.05, 3.63) is 45.7 Å². The first-order chi connectivity index (χ1) is 10.5. The van der Waals surface area contributed by atoms with Gasteiger partial charge in [-0.1, -0.05) is 28.9 Å². The molecule has 0 saturated heterocycles. The lowest BCUT2D eigenvalue weighted by Crippen LogP contribution is -2.39. The number of hydrogen-bond acceptors (Lipinski definition) is 3. The second kappa shape index (κ2) is 6.08. The van der Waals surface area contributed by atoms with Gasteiger partial charge in [-0.3, -0.25) is 9.48 Å². The number of carbonyl (C=O) groups is 1. The minimum absolute atomic E-state index is 0.0252. The fourth-order valence-electron chi connectivity index (χ4n) is 2.86. The van der Waals surface area contributed by atoms with E-state index in [1.165, 1.54) is 5.69 Å². The molecule has 1 aliphatic carbocycles. The average molecular weight is 319 g/mol. The Morgan fingerprint density at radius 3 is 3.09 bits per heavy atom. The summed E-state index contributed by atoms with van der Waals surface area (Å²) in [7, 11) is 1.91. The minimum atomic E-state index is 0.0252. The summed E-state index contributed by atoms with van der Waals surface area (Å²) in [5.74, 6) is 0.0252. The minimum Gasteiger partial charge on any atom is -0.353 e. The zero-order valence-electron chi connectivity index (χ0n) is 12.8. The number of fused-ring (bicyclic) bond motifs is 1. The average Bonchev–Trinajstić information content (AvgIpc) is 2.84. The number of hydrogen-bond donors (Lipinski definition) is 1. The van der Waals surface area contributed by atoms with Gasteiger partial charge in [-0.2, -0.15) is 0 Å². The SMILES string of the molecule is Cc1ccc(CC(=O)NC2CCc3c(nnn3C)C2)cc1Cl. The Balaban J connectivity index is 1.59. The third-order valence-electron chi connectivity index (χ3n) is 4.16. The first-order valence-corrected chi connectivity index (χ1v) is 7.82. The van der Waals surface area contributed by atoms with Crippen molar-refractivity contribution >= 4 is 17.5 Å². The standard InChI is InChI=1S/C16H19ClN4O/c1-10-3-4-11(7-13(10)17)8-16(22)18-12-5-6-15-14(9-12)19-20-21(15)2/h3-4,7,12H,5-6,8-9H2,1-2H3,(H,18,22). The van der Waals surface area contributed by atoms with Crippen LogP contribution in [-0.2, 0) is 31.1 Å². The van der Waals surface area contributed by atoms with E-state index in [1.54, 1.807) is 0 Å². The molecule has 1 N–H and O–H groups in total. The van der Waals surface area contributed by atoms with Crippen LogP contribution in [-0.4, -0.2) is 26.9 Å². The van der Waals surface area contributed by atoms with Crippen molar-refractivity contribution in [3.63, 3.8) is 0 Å². The van der Waals surface area contributed by atoms with Gasteiger partial charge < -0.3 is 5.32 Å². The summed E-state index contributed by atoms with van der Waals surface area (Å²) in [4.78, 5) is 12.2. The van der Waals surface area contributed by atoms with Gasteiger partial charge >= 0.3 is 0 Å². The zero-order valence-corrected chi connectivity index (χ0v) is 13.5. The summed E-state index contributed by atoms with van der Waals surface area (Å²) in [5, 5.41) is 12.0. The van der Waals surface area contributed by atoms with E-state index in [0.29, 0.717) is 11.4 Å². The number of benzene rings is 1. The van der Waals surface area contributed by atoms with E-state index < -0.39 is 0 Å². The predicted octanol–water partition coefficient (Wildman–Crippen LogP) is 1.99. The molecule has 3 rings (SSSR count). The molecule has 22 heavy (non-hydrogen) atoms. The second-order valence-corrected chi connectivity index (χ2v) is 6.28. The molecule has 0 spiro atoms. The number of nitrogens with one attached hydrogen (secondary N) is 1. The van der Waals surface area contributed by atoms with Crippen LogP contribution in [0.5, 0.6) is 0 Å². The molecule has 0 aliphatic heterocycles. The quantitative estimate of drug-likeness (QED) is 0.941. The van der Waals surface area contributed by atoms with E-state index in [1.807, 2.05) is 36.9 Å². The van der Waals surface area contributed by atoms with Crippen LogP contribution in [0.25, 0.3) is 0 Å². The molecule has 1 amide bonds. The molecule has 1 aliphatic rings. The number of rotatable bonds is 3. The molecule has 0 radical (unpaired) electrons. The first-order valence-electron chi connectivity index (χ1n) is 7.44. The maximum atomic E-state index is 12.2. The highest BCUT2D eigenvalue weighted by Gasteiger charge is 2.24. The van der Waals surface area contributed by atoms with Crippen LogP contribution in [0.3, 0.4) is 0 Å². The van der Waals surface area contributed by atoms with Crippen LogP contribution in [0.1, 0.15) is 28.9 Å². The fourth-order valence-corrected chi connectivity index (χ4v) is 3.07. The maximum Gasteiger partial charge on any atom is 0.224 e. The Labute approximate surface area is 134 Å². The highest BCUT2D eigenvalue weighted by Crippen LogP contribution is 2.19. The third-order valence-corrected chi connectivity index (χ3v) is 4.57. The lowest BCUT2D eigenvalue weighted by atomic mass is 9.95. The van der Waals surface area contributed by atoms with Gasteiger partial charge in [0.25, 0.3) is 0 Å². The van der Waals surface area contributed by atoms with Gasteiger partial charge in [0.05, 0.1) is 17.8 Å². The summed E-state index contributed by atoms with van der Waals surface area (Å²) < 4.78 is 1.82. The third kappa shape index (κ3) is 3.14. The van der Waals surface area contributed by atoms with Crippen molar-refractivity contribution in [3.8, 4) is 0 Å². The summed E-state index contributed by atoms with van der Waals surface area (Å²) in [6, 6.07) is 5.88. The normalized spacial score (nSPS) is 17.1. The van der Waals surface area contributed by atoms with Crippen LogP contribution >= 0.6 is 11.6 Å². The number of nitrogens with zero attached hydrogens (tertiary/aromatic N) is 3. The fraction of sp³-hybridized carbons (Fsp3) is 0.438. The molecule has 116 valence electrons. The Kier molecular flexibility index (Phi) is 4.16. The second-order valence-electron chi connectivity index (χ2n) is 5.87. The number of aryl methyl sites for hydroxylation is 2. The van der Waals surface area contributed by atoms with Gasteiger partial charge in [0.1, 0.15) is 0 Å². The van der Waals surface area contributed by atoms with Crippen molar-refractivity contribution in [2.24, 2.45) is 7.05 Å². The molecule has 0 fully saturated rings. The van der Waals surface area contributed by atoms with Crippen LogP contribution in [0.15, 0.2) is 18.2 Å². The van der Waals surface area contributed by atoms with E-state index in [2.05, 4.69) is 15.6 Å². The van der Waals surface area contributed by atoms with Crippen LogP contribution in [0.4, 0.5) is 0 Å². The van der Waals surface area contributed by atoms with Crippen molar-refractivity contribution in [2.75, 3.05) is 0 Å². The molecule has 0 saturated carbocycles. The number of carbonyl (C=O) groups excluding carboxylic acids is 1. The van der Waals surface area contributed by atoms with E-state index in [4.69, 9.17) is 11.6 Å². The summed E-state index contributed by atoms with van der Waals surface area (Å²) >= 11 is 6.10. The Morgan fingerprint density at radius 1 is 1.50 bits per heavy atom. The number of aromatic nitrogens is 3. The number of halogens is 1. The van der Waals surface area contributed by atoms with Gasteiger partial charge in [-0.05, 0) is 37.0 Å². The number of amides is 1. The maximum absolute atomic E-state index is 12.2. The first kappa shape index (κ1) is 15.0. The molecule has 1 atom stereocenters. The van der Waals surface area contributed by atoms with Crippen molar-refractivity contribution in [2.45, 2.75) is 38.6 Å². The van der Waals surface area contributed by atoms with Crippen molar-refractivity contribution < 1.29 is 4.79 Å². The Hall–Kier alpha value is -1.88. The van der Waals surface area contributed by atoms with Gasteiger partial charge in [0.2, 0.25) is 5.91 Å². The molecule has 1 aromatic carbocycles. The van der Waals surface area contributed by atoms with E-state index in [-0.39, 0.29) is 11.9 Å². The van der Waals surface area contributed by atoms with Crippen LogP contribution in [0.2, 0.25) is 5.02 Å². The monoisotopic (exact) mass is 318 g/mol. The van der Waals surface area contributed by atoms with E-state index in [9.17, 15) is 4.79 Å². The molecule has 6 heteroatoms. The molecule has 0 bridgehead atoms. The van der Waals surface area contributed by atoms with Gasteiger partial charge in [-0.15, -0.1) is 5.10 Å². The summed E-state index contributed by atoms with van der Waals surface area (Å²) in [5.41, 5.74) is 4.13. The molecule has 5 nitrogen and oxygen atoms in total. The molecule has 1 aromatic heterocycles. The van der Waals surface area contributed by atoms with E-state index >= 15 is 0 Å². The van der Waals surface area contributed by atoms with Gasteiger partial charge in [0, 0.05) is 24.5 Å². The molecular formula is C16H19ClN4O. The Bertz CT molecular complexity index is 710. The topological polar surface area (TPSA) is 59.8 Å². The van der Waals surface area contributed by atoms with Crippen LogP contribution in [0, 0.1) is 6.92 Å².